The van der Waals surface area contributed by atoms with Gasteiger partial charge in [-0.1, -0.05) is 41.5 Å². The Morgan fingerprint density at radius 3 is 1.48 bits per heavy atom. The molecule has 0 saturated carbocycles. The first-order chi connectivity index (χ1) is 9.27. The van der Waals surface area contributed by atoms with E-state index in [1.165, 1.54) is 0 Å². The van der Waals surface area contributed by atoms with E-state index in [9.17, 15) is 17.6 Å². The van der Waals surface area contributed by atoms with Crippen LogP contribution in [0.1, 0.15) is 59.4 Å². The van der Waals surface area contributed by atoms with Gasteiger partial charge >= 0.3 is 0 Å². The van der Waals surface area contributed by atoms with Crippen LogP contribution in [0.4, 0.5) is 17.6 Å². The Morgan fingerprint density at radius 2 is 1.19 bits per heavy atom. The van der Waals surface area contributed by atoms with Crippen molar-refractivity contribution in [2.75, 3.05) is 0 Å². The van der Waals surface area contributed by atoms with Crippen molar-refractivity contribution in [2.45, 2.75) is 53.9 Å². The molecular weight excluding hydrogens is 284 g/mol. The van der Waals surface area contributed by atoms with Gasteiger partial charge in [-0.05, 0) is 23.2 Å². The highest BCUT2D eigenvalue weighted by atomic mass is 19.2. The SMILES string of the molecule is CC(C)(C)CC(c1c(F)c(F)c(O)c(F)c1F)C(C)(C)C. The van der Waals surface area contributed by atoms with Crippen molar-refractivity contribution in [2.24, 2.45) is 10.8 Å². The van der Waals surface area contributed by atoms with Crippen LogP contribution in [0, 0.1) is 34.1 Å². The molecule has 1 nitrogen and oxygen atoms in total. The first-order valence-corrected chi connectivity index (χ1v) is 6.82. The Labute approximate surface area is 123 Å². The summed E-state index contributed by atoms with van der Waals surface area (Å²) < 4.78 is 55.4. The van der Waals surface area contributed by atoms with E-state index in [2.05, 4.69) is 0 Å². The van der Waals surface area contributed by atoms with Gasteiger partial charge in [0, 0.05) is 5.56 Å². The van der Waals surface area contributed by atoms with Crippen LogP contribution in [0.25, 0.3) is 0 Å². The van der Waals surface area contributed by atoms with Crippen molar-refractivity contribution in [3.63, 3.8) is 0 Å². The van der Waals surface area contributed by atoms with E-state index in [4.69, 9.17) is 5.11 Å². The molecule has 5 heteroatoms. The summed E-state index contributed by atoms with van der Waals surface area (Å²) in [4.78, 5) is 0. The van der Waals surface area contributed by atoms with Gasteiger partial charge in [-0.15, -0.1) is 0 Å². The molecule has 1 N–H and O–H groups in total. The van der Waals surface area contributed by atoms with Crippen molar-refractivity contribution in [1.29, 1.82) is 0 Å². The van der Waals surface area contributed by atoms with E-state index in [-0.39, 0.29) is 5.41 Å². The van der Waals surface area contributed by atoms with E-state index in [0.29, 0.717) is 6.42 Å². The summed E-state index contributed by atoms with van der Waals surface area (Å²) in [6.07, 6.45) is 0.341. The normalized spacial score (nSPS) is 14.4. The molecule has 1 unspecified atom stereocenters. The molecule has 0 radical (unpaired) electrons. The van der Waals surface area contributed by atoms with Crippen molar-refractivity contribution in [3.05, 3.63) is 28.8 Å². The van der Waals surface area contributed by atoms with Crippen molar-refractivity contribution in [3.8, 4) is 5.75 Å². The van der Waals surface area contributed by atoms with Crippen LogP contribution in [-0.4, -0.2) is 5.11 Å². The summed E-state index contributed by atoms with van der Waals surface area (Å²) in [6, 6.07) is 0. The maximum absolute atomic E-state index is 14.1. The molecule has 0 fully saturated rings. The number of phenolic OH excluding ortho intramolecular Hbond substituents is 1. The lowest BCUT2D eigenvalue weighted by Crippen LogP contribution is -2.26. The lowest BCUT2D eigenvalue weighted by atomic mass is 9.69. The van der Waals surface area contributed by atoms with Gasteiger partial charge < -0.3 is 5.11 Å². The third-order valence-corrected chi connectivity index (χ3v) is 3.48. The molecule has 0 aromatic heterocycles. The molecule has 0 heterocycles. The monoisotopic (exact) mass is 306 g/mol. The standard InChI is InChI=1S/C16H22F4O/c1-15(2,3)7-8(16(4,5)6)9-10(17)12(19)14(21)13(20)11(9)18/h8,21H,7H2,1-6H3. The molecule has 1 atom stereocenters. The zero-order valence-electron chi connectivity index (χ0n) is 13.2. The third kappa shape index (κ3) is 3.69. The Hall–Kier alpha value is -1.26. The molecule has 21 heavy (non-hydrogen) atoms. The lowest BCUT2D eigenvalue weighted by Gasteiger charge is -2.36. The van der Waals surface area contributed by atoms with Crippen molar-refractivity contribution < 1.29 is 22.7 Å². The number of hydrogen-bond donors (Lipinski definition) is 1. The number of hydrogen-bond acceptors (Lipinski definition) is 1. The van der Waals surface area contributed by atoms with Gasteiger partial charge in [-0.25, -0.2) is 8.78 Å². The molecule has 0 saturated heterocycles. The molecule has 0 aliphatic rings. The second-order valence-corrected chi connectivity index (χ2v) is 7.70. The average molecular weight is 306 g/mol. The molecule has 0 aliphatic carbocycles. The number of phenols is 1. The van der Waals surface area contributed by atoms with Crippen LogP contribution in [0.5, 0.6) is 5.75 Å². The number of halogens is 4. The fourth-order valence-electron chi connectivity index (χ4n) is 2.40. The van der Waals surface area contributed by atoms with Crippen molar-refractivity contribution in [1.82, 2.24) is 0 Å². The zero-order chi connectivity index (χ0) is 16.7. The van der Waals surface area contributed by atoms with E-state index in [0.717, 1.165) is 0 Å². The fraction of sp³-hybridized carbons (Fsp3) is 0.625. The molecule has 1 aromatic rings. The molecule has 1 aromatic carbocycles. The average Bonchev–Trinajstić information content (AvgIpc) is 2.30. The van der Waals surface area contributed by atoms with Crippen LogP contribution < -0.4 is 0 Å². The van der Waals surface area contributed by atoms with Crippen LogP contribution in [0.15, 0.2) is 0 Å². The molecular formula is C16H22F4O. The van der Waals surface area contributed by atoms with Gasteiger partial charge in [-0.3, -0.25) is 0 Å². The smallest absolute Gasteiger partial charge is 0.203 e. The quantitative estimate of drug-likeness (QED) is 0.564. The van der Waals surface area contributed by atoms with E-state index in [1.807, 2.05) is 20.8 Å². The number of rotatable bonds is 2. The van der Waals surface area contributed by atoms with E-state index in [1.54, 1.807) is 20.8 Å². The Morgan fingerprint density at radius 1 is 0.810 bits per heavy atom. The highest BCUT2D eigenvalue weighted by Crippen LogP contribution is 2.46. The van der Waals surface area contributed by atoms with Gasteiger partial charge in [-0.2, -0.15) is 8.78 Å². The minimum atomic E-state index is -1.74. The Kier molecular flexibility index (Phi) is 4.66. The van der Waals surface area contributed by atoms with Crippen LogP contribution in [-0.2, 0) is 0 Å². The molecule has 0 aliphatic heterocycles. The minimum absolute atomic E-state index is 0.290. The number of benzene rings is 1. The summed E-state index contributed by atoms with van der Waals surface area (Å²) in [7, 11) is 0. The maximum atomic E-state index is 14.1. The zero-order valence-corrected chi connectivity index (χ0v) is 13.2. The van der Waals surface area contributed by atoms with Crippen LogP contribution in [0.2, 0.25) is 0 Å². The first-order valence-electron chi connectivity index (χ1n) is 6.82. The molecule has 0 amide bonds. The van der Waals surface area contributed by atoms with Gasteiger partial charge in [0.2, 0.25) is 11.6 Å². The molecule has 0 bridgehead atoms. The topological polar surface area (TPSA) is 20.2 Å². The van der Waals surface area contributed by atoms with Gasteiger partial charge in [0.1, 0.15) is 0 Å². The fourth-order valence-corrected chi connectivity index (χ4v) is 2.40. The first kappa shape index (κ1) is 17.8. The summed E-state index contributed by atoms with van der Waals surface area (Å²) >= 11 is 0. The number of aromatic hydroxyl groups is 1. The minimum Gasteiger partial charge on any atom is -0.503 e. The Balaban J connectivity index is 3.60. The van der Waals surface area contributed by atoms with E-state index < -0.39 is 45.9 Å². The molecule has 1 rings (SSSR count). The largest absolute Gasteiger partial charge is 0.503 e. The van der Waals surface area contributed by atoms with Crippen molar-refractivity contribution >= 4 is 0 Å². The lowest BCUT2D eigenvalue weighted by molar-refractivity contribution is 0.215. The summed E-state index contributed by atoms with van der Waals surface area (Å²) in [5, 5.41) is 9.08. The predicted molar refractivity (Wildman–Crippen MR) is 74.2 cm³/mol. The second-order valence-electron chi connectivity index (χ2n) is 7.70. The highest BCUT2D eigenvalue weighted by Gasteiger charge is 2.37. The summed E-state index contributed by atoms with van der Waals surface area (Å²) in [5.74, 6) is -8.87. The van der Waals surface area contributed by atoms with Crippen LogP contribution >= 0.6 is 0 Å². The van der Waals surface area contributed by atoms with Gasteiger partial charge in [0.25, 0.3) is 0 Å². The molecule has 120 valence electrons. The third-order valence-electron chi connectivity index (χ3n) is 3.48. The van der Waals surface area contributed by atoms with Gasteiger partial charge in [0.15, 0.2) is 17.4 Å². The molecule has 0 spiro atoms. The van der Waals surface area contributed by atoms with Gasteiger partial charge in [0.05, 0.1) is 0 Å². The van der Waals surface area contributed by atoms with E-state index >= 15 is 0 Å². The Bertz CT molecular complexity index is 510. The predicted octanol–water partition coefficient (Wildman–Crippen LogP) is 5.51. The summed E-state index contributed by atoms with van der Waals surface area (Å²) in [5.41, 5.74) is -1.53. The maximum Gasteiger partial charge on any atom is 0.203 e. The summed E-state index contributed by atoms with van der Waals surface area (Å²) in [6.45, 7) is 10.9. The second kappa shape index (κ2) is 5.50. The highest BCUT2D eigenvalue weighted by molar-refractivity contribution is 5.36. The van der Waals surface area contributed by atoms with Crippen LogP contribution in [0.3, 0.4) is 0 Å².